The van der Waals surface area contributed by atoms with Crippen molar-refractivity contribution in [2.45, 2.75) is 6.42 Å². The van der Waals surface area contributed by atoms with Crippen LogP contribution in [0.15, 0.2) is 24.3 Å². The number of nitrogens with one attached hydrogen (secondary N) is 1. The summed E-state index contributed by atoms with van der Waals surface area (Å²) >= 11 is 0. The van der Waals surface area contributed by atoms with Crippen LogP contribution in [-0.4, -0.2) is 39.1 Å². The minimum Gasteiger partial charge on any atom is -0.483 e. The first-order chi connectivity index (χ1) is 8.77. The summed E-state index contributed by atoms with van der Waals surface area (Å²) in [5.74, 6) is 0.200. The van der Waals surface area contributed by atoms with E-state index in [4.69, 9.17) is 9.47 Å². The molecule has 0 spiro atoms. The fraction of sp³-hybridized carbons (Fsp3) is 0.385. The molecule has 1 aromatic rings. The van der Waals surface area contributed by atoms with Gasteiger partial charge in [-0.05, 0) is 18.6 Å². The van der Waals surface area contributed by atoms with E-state index in [1.807, 2.05) is 0 Å². The Morgan fingerprint density at radius 1 is 1.39 bits per heavy atom. The lowest BCUT2D eigenvalue weighted by atomic mass is 10.2. The van der Waals surface area contributed by atoms with Crippen molar-refractivity contribution in [1.82, 2.24) is 5.32 Å². The number of benzene rings is 1. The van der Waals surface area contributed by atoms with Gasteiger partial charge in [0.15, 0.2) is 12.9 Å². The Morgan fingerprint density at radius 2 is 2.17 bits per heavy atom. The number of hydrogen-bond donors (Lipinski definition) is 1. The van der Waals surface area contributed by atoms with Gasteiger partial charge in [-0.2, -0.15) is 0 Å². The molecule has 5 nitrogen and oxygen atoms in total. The number of methoxy groups -OCH3 is 1. The molecule has 5 heteroatoms. The fourth-order valence-electron chi connectivity index (χ4n) is 1.35. The Labute approximate surface area is 106 Å². The Balaban J connectivity index is 2.31. The summed E-state index contributed by atoms with van der Waals surface area (Å²) < 4.78 is 10.1. The molecule has 0 aliphatic rings. The van der Waals surface area contributed by atoms with Crippen LogP contribution in [0.5, 0.6) is 5.75 Å². The van der Waals surface area contributed by atoms with Gasteiger partial charge >= 0.3 is 0 Å². The lowest BCUT2D eigenvalue weighted by molar-refractivity contribution is -0.123. The van der Waals surface area contributed by atoms with Crippen LogP contribution in [0.25, 0.3) is 0 Å². The Bertz CT molecular complexity index is 392. The van der Waals surface area contributed by atoms with E-state index in [-0.39, 0.29) is 12.5 Å². The first kappa shape index (κ1) is 14.2. The summed E-state index contributed by atoms with van der Waals surface area (Å²) in [7, 11) is 1.61. The third-order valence-electron chi connectivity index (χ3n) is 2.25. The molecule has 0 saturated carbocycles. The van der Waals surface area contributed by atoms with Crippen molar-refractivity contribution in [2.75, 3.05) is 26.9 Å². The molecule has 0 radical (unpaired) electrons. The van der Waals surface area contributed by atoms with Gasteiger partial charge in [0.2, 0.25) is 0 Å². The SMILES string of the molecule is COCCCNC(=O)COc1ccccc1C=O. The summed E-state index contributed by atoms with van der Waals surface area (Å²) in [5.41, 5.74) is 0.435. The van der Waals surface area contributed by atoms with Crippen molar-refractivity contribution in [3.8, 4) is 5.75 Å². The van der Waals surface area contributed by atoms with Crippen LogP contribution in [0.4, 0.5) is 0 Å². The first-order valence-electron chi connectivity index (χ1n) is 5.70. The molecule has 0 aromatic heterocycles. The fourth-order valence-corrected chi connectivity index (χ4v) is 1.35. The van der Waals surface area contributed by atoms with Crippen LogP contribution in [-0.2, 0) is 9.53 Å². The topological polar surface area (TPSA) is 64.6 Å². The predicted molar refractivity (Wildman–Crippen MR) is 66.8 cm³/mol. The van der Waals surface area contributed by atoms with Crippen molar-refractivity contribution in [3.63, 3.8) is 0 Å². The molecule has 1 amide bonds. The van der Waals surface area contributed by atoms with Crippen molar-refractivity contribution in [2.24, 2.45) is 0 Å². The van der Waals surface area contributed by atoms with E-state index < -0.39 is 0 Å². The van der Waals surface area contributed by atoms with E-state index in [9.17, 15) is 9.59 Å². The molecule has 1 N–H and O–H groups in total. The lowest BCUT2D eigenvalue weighted by Gasteiger charge is -2.08. The average Bonchev–Trinajstić information content (AvgIpc) is 2.41. The number of carbonyl (C=O) groups excluding carboxylic acids is 2. The van der Waals surface area contributed by atoms with Gasteiger partial charge in [0, 0.05) is 20.3 Å². The predicted octanol–water partition coefficient (Wildman–Crippen LogP) is 1.03. The van der Waals surface area contributed by atoms with E-state index in [1.165, 1.54) is 0 Å². The highest BCUT2D eigenvalue weighted by Gasteiger charge is 2.05. The monoisotopic (exact) mass is 251 g/mol. The third-order valence-corrected chi connectivity index (χ3v) is 2.25. The van der Waals surface area contributed by atoms with Gasteiger partial charge in [-0.25, -0.2) is 0 Å². The van der Waals surface area contributed by atoms with Crippen molar-refractivity contribution >= 4 is 12.2 Å². The summed E-state index contributed by atoms with van der Waals surface area (Å²) in [5, 5.41) is 2.69. The summed E-state index contributed by atoms with van der Waals surface area (Å²) in [6, 6.07) is 6.78. The van der Waals surface area contributed by atoms with E-state index in [0.717, 1.165) is 6.42 Å². The van der Waals surface area contributed by atoms with Crippen molar-refractivity contribution < 1.29 is 19.1 Å². The number of carbonyl (C=O) groups is 2. The molecule has 0 saturated heterocycles. The molecule has 1 aromatic carbocycles. The number of amides is 1. The maximum Gasteiger partial charge on any atom is 0.257 e. The van der Waals surface area contributed by atoms with Gasteiger partial charge in [0.25, 0.3) is 5.91 Å². The van der Waals surface area contributed by atoms with Crippen LogP contribution >= 0.6 is 0 Å². The smallest absolute Gasteiger partial charge is 0.257 e. The largest absolute Gasteiger partial charge is 0.483 e. The highest BCUT2D eigenvalue weighted by Crippen LogP contribution is 2.15. The first-order valence-corrected chi connectivity index (χ1v) is 5.70. The standard InChI is InChI=1S/C13H17NO4/c1-17-8-4-7-14-13(16)10-18-12-6-3-2-5-11(12)9-15/h2-3,5-6,9H,4,7-8,10H2,1H3,(H,14,16). The van der Waals surface area contributed by atoms with Crippen molar-refractivity contribution in [1.29, 1.82) is 0 Å². The van der Waals surface area contributed by atoms with Gasteiger partial charge in [-0.1, -0.05) is 12.1 Å². The third kappa shape index (κ3) is 4.97. The molecule has 0 bridgehead atoms. The Morgan fingerprint density at radius 3 is 2.89 bits per heavy atom. The highest BCUT2D eigenvalue weighted by atomic mass is 16.5. The number of hydrogen-bond acceptors (Lipinski definition) is 4. The van der Waals surface area contributed by atoms with Gasteiger partial charge < -0.3 is 14.8 Å². The summed E-state index contributed by atoms with van der Waals surface area (Å²) in [6.45, 7) is 1.05. The Hall–Kier alpha value is -1.88. The molecule has 0 aliphatic carbocycles. The Kier molecular flexibility index (Phi) is 6.50. The van der Waals surface area contributed by atoms with Gasteiger partial charge in [0.1, 0.15) is 5.75 Å². The average molecular weight is 251 g/mol. The molecule has 0 aliphatic heterocycles. The molecule has 98 valence electrons. The summed E-state index contributed by atoms with van der Waals surface area (Å²) in [6.07, 6.45) is 1.46. The van der Waals surface area contributed by atoms with E-state index in [2.05, 4.69) is 5.32 Å². The highest BCUT2D eigenvalue weighted by molar-refractivity contribution is 5.80. The second-order valence-corrected chi connectivity index (χ2v) is 3.64. The van der Waals surface area contributed by atoms with Crippen LogP contribution in [0.3, 0.4) is 0 Å². The molecule has 0 atom stereocenters. The lowest BCUT2D eigenvalue weighted by Crippen LogP contribution is -2.30. The van der Waals surface area contributed by atoms with Gasteiger partial charge in [-0.15, -0.1) is 0 Å². The van der Waals surface area contributed by atoms with E-state index in [0.29, 0.717) is 30.8 Å². The maximum atomic E-state index is 11.4. The van der Waals surface area contributed by atoms with Gasteiger partial charge in [0.05, 0.1) is 5.56 Å². The second-order valence-electron chi connectivity index (χ2n) is 3.64. The number of para-hydroxylation sites is 1. The zero-order valence-corrected chi connectivity index (χ0v) is 10.3. The quantitative estimate of drug-likeness (QED) is 0.553. The molecule has 1 rings (SSSR count). The molecular weight excluding hydrogens is 234 g/mol. The second kappa shape index (κ2) is 8.25. The van der Waals surface area contributed by atoms with Crippen LogP contribution < -0.4 is 10.1 Å². The molecular formula is C13H17NO4. The zero-order chi connectivity index (χ0) is 13.2. The minimum absolute atomic E-state index is 0.0994. The van der Waals surface area contributed by atoms with Gasteiger partial charge in [-0.3, -0.25) is 9.59 Å². The zero-order valence-electron chi connectivity index (χ0n) is 10.3. The van der Waals surface area contributed by atoms with Crippen molar-refractivity contribution in [3.05, 3.63) is 29.8 Å². The summed E-state index contributed by atoms with van der Waals surface area (Å²) in [4.78, 5) is 22.1. The molecule has 0 heterocycles. The van der Waals surface area contributed by atoms with Crippen LogP contribution in [0.2, 0.25) is 0 Å². The van der Waals surface area contributed by atoms with E-state index in [1.54, 1.807) is 31.4 Å². The number of aldehydes is 1. The maximum absolute atomic E-state index is 11.4. The number of rotatable bonds is 8. The normalized spacial score (nSPS) is 9.83. The van der Waals surface area contributed by atoms with Crippen LogP contribution in [0, 0.1) is 0 Å². The molecule has 18 heavy (non-hydrogen) atoms. The number of ether oxygens (including phenoxy) is 2. The van der Waals surface area contributed by atoms with E-state index >= 15 is 0 Å². The van der Waals surface area contributed by atoms with Crippen LogP contribution in [0.1, 0.15) is 16.8 Å². The molecule has 0 unspecified atom stereocenters. The molecule has 0 fully saturated rings. The minimum atomic E-state index is -0.216.